The van der Waals surface area contributed by atoms with Crippen LogP contribution in [0, 0.1) is 0 Å². The smallest absolute Gasteiger partial charge is 0.237 e. The van der Waals surface area contributed by atoms with Crippen molar-refractivity contribution in [1.82, 2.24) is 15.6 Å². The van der Waals surface area contributed by atoms with Gasteiger partial charge >= 0.3 is 0 Å². The van der Waals surface area contributed by atoms with E-state index in [-0.39, 0.29) is 24.4 Å². The van der Waals surface area contributed by atoms with Gasteiger partial charge in [0, 0.05) is 0 Å². The molecule has 1 aliphatic heterocycles. The van der Waals surface area contributed by atoms with Crippen LogP contribution in [-0.2, 0) is 11.3 Å². The van der Waals surface area contributed by atoms with Gasteiger partial charge in [-0.25, -0.2) is 4.98 Å². The zero-order valence-electron chi connectivity index (χ0n) is 10.4. The molecule has 1 fully saturated rings. The number of rotatable bonds is 3. The SMILES string of the molecule is Cl.O=C(NCc1nc2ccccc2s1)C1CCCN1. The van der Waals surface area contributed by atoms with E-state index in [1.54, 1.807) is 11.3 Å². The van der Waals surface area contributed by atoms with Gasteiger partial charge in [0.15, 0.2) is 0 Å². The minimum absolute atomic E-state index is 0. The molecule has 4 nitrogen and oxygen atoms in total. The molecule has 2 N–H and O–H groups in total. The predicted octanol–water partition coefficient (Wildman–Crippen LogP) is 2.09. The molecule has 0 spiro atoms. The molecule has 1 unspecified atom stereocenters. The highest BCUT2D eigenvalue weighted by Crippen LogP contribution is 2.21. The highest BCUT2D eigenvalue weighted by atomic mass is 35.5. The number of nitrogens with zero attached hydrogens (tertiary/aromatic N) is 1. The molecule has 0 aliphatic carbocycles. The Kier molecular flexibility index (Phi) is 4.74. The van der Waals surface area contributed by atoms with Crippen molar-refractivity contribution in [2.24, 2.45) is 0 Å². The molecule has 0 saturated carbocycles. The second-order valence-corrected chi connectivity index (χ2v) is 5.56. The van der Waals surface area contributed by atoms with Gasteiger partial charge in [0.1, 0.15) is 5.01 Å². The number of nitrogens with one attached hydrogen (secondary N) is 2. The summed E-state index contributed by atoms with van der Waals surface area (Å²) in [6.45, 7) is 1.47. The van der Waals surface area contributed by atoms with Crippen molar-refractivity contribution < 1.29 is 4.79 Å². The van der Waals surface area contributed by atoms with Crippen molar-refractivity contribution in [2.45, 2.75) is 25.4 Å². The molecule has 3 rings (SSSR count). The van der Waals surface area contributed by atoms with Crippen LogP contribution in [0.4, 0.5) is 0 Å². The number of benzene rings is 1. The van der Waals surface area contributed by atoms with E-state index >= 15 is 0 Å². The highest BCUT2D eigenvalue weighted by molar-refractivity contribution is 7.18. The predicted molar refractivity (Wildman–Crippen MR) is 79.7 cm³/mol. The molecule has 6 heteroatoms. The Bertz CT molecular complexity index is 533. The summed E-state index contributed by atoms with van der Waals surface area (Å²) in [4.78, 5) is 16.3. The lowest BCUT2D eigenvalue weighted by atomic mass is 10.2. The Morgan fingerprint density at radius 3 is 3.05 bits per heavy atom. The van der Waals surface area contributed by atoms with Crippen LogP contribution >= 0.6 is 23.7 Å². The van der Waals surface area contributed by atoms with Gasteiger partial charge in [-0.3, -0.25) is 4.79 Å². The van der Waals surface area contributed by atoms with Crippen LogP contribution in [0.3, 0.4) is 0 Å². The fourth-order valence-electron chi connectivity index (χ4n) is 2.19. The third-order valence-electron chi connectivity index (χ3n) is 3.13. The van der Waals surface area contributed by atoms with E-state index in [2.05, 4.69) is 21.7 Å². The summed E-state index contributed by atoms with van der Waals surface area (Å²) < 4.78 is 1.17. The maximum Gasteiger partial charge on any atom is 0.237 e. The first-order valence-corrected chi connectivity index (χ1v) is 7.00. The molecular weight excluding hydrogens is 282 g/mol. The molecule has 2 aromatic rings. The van der Waals surface area contributed by atoms with Crippen molar-refractivity contribution in [3.8, 4) is 0 Å². The third kappa shape index (κ3) is 3.23. The summed E-state index contributed by atoms with van der Waals surface area (Å²) in [5.74, 6) is 0.0896. The number of thiazole rings is 1. The van der Waals surface area contributed by atoms with Crippen LogP contribution in [0.5, 0.6) is 0 Å². The molecule has 102 valence electrons. The van der Waals surface area contributed by atoms with Gasteiger partial charge in [0.2, 0.25) is 5.91 Å². The van der Waals surface area contributed by atoms with Crippen LogP contribution in [0.25, 0.3) is 10.2 Å². The quantitative estimate of drug-likeness (QED) is 0.912. The second kappa shape index (κ2) is 6.32. The van der Waals surface area contributed by atoms with E-state index in [1.165, 1.54) is 4.70 Å². The van der Waals surface area contributed by atoms with Gasteiger partial charge in [-0.15, -0.1) is 23.7 Å². The lowest BCUT2D eigenvalue weighted by Gasteiger charge is -2.09. The minimum atomic E-state index is -0.0145. The fraction of sp³-hybridized carbons (Fsp3) is 0.385. The summed E-state index contributed by atoms with van der Waals surface area (Å²) in [7, 11) is 0. The van der Waals surface area contributed by atoms with Crippen molar-refractivity contribution >= 4 is 39.9 Å². The second-order valence-electron chi connectivity index (χ2n) is 4.44. The lowest BCUT2D eigenvalue weighted by Crippen LogP contribution is -2.39. The Labute approximate surface area is 122 Å². The topological polar surface area (TPSA) is 54.0 Å². The van der Waals surface area contributed by atoms with Crippen molar-refractivity contribution in [3.05, 3.63) is 29.3 Å². The Morgan fingerprint density at radius 1 is 1.47 bits per heavy atom. The number of para-hydroxylation sites is 1. The lowest BCUT2D eigenvalue weighted by molar-refractivity contribution is -0.122. The Morgan fingerprint density at radius 2 is 2.32 bits per heavy atom. The van der Waals surface area contributed by atoms with Crippen LogP contribution in [0.15, 0.2) is 24.3 Å². The molecule has 19 heavy (non-hydrogen) atoms. The number of carbonyl (C=O) groups excluding carboxylic acids is 1. The zero-order valence-corrected chi connectivity index (χ0v) is 12.0. The molecule has 1 saturated heterocycles. The minimum Gasteiger partial charge on any atom is -0.348 e. The number of halogens is 1. The van der Waals surface area contributed by atoms with E-state index in [0.717, 1.165) is 29.9 Å². The highest BCUT2D eigenvalue weighted by Gasteiger charge is 2.21. The number of hydrogen-bond acceptors (Lipinski definition) is 4. The maximum atomic E-state index is 11.8. The van der Waals surface area contributed by atoms with Gasteiger partial charge in [-0.2, -0.15) is 0 Å². The van der Waals surface area contributed by atoms with E-state index in [1.807, 2.05) is 18.2 Å². The summed E-state index contributed by atoms with van der Waals surface area (Å²) in [5.41, 5.74) is 1.01. The summed E-state index contributed by atoms with van der Waals surface area (Å²) in [6, 6.07) is 8.02. The van der Waals surface area contributed by atoms with Gasteiger partial charge in [0.25, 0.3) is 0 Å². The van der Waals surface area contributed by atoms with Crippen LogP contribution in [0.2, 0.25) is 0 Å². The normalized spacial score (nSPS) is 18.2. The number of carbonyl (C=O) groups is 1. The molecule has 1 amide bonds. The molecule has 1 aliphatic rings. The number of fused-ring (bicyclic) bond motifs is 1. The van der Waals surface area contributed by atoms with Gasteiger partial charge in [-0.1, -0.05) is 12.1 Å². The molecule has 1 atom stereocenters. The third-order valence-corrected chi connectivity index (χ3v) is 4.17. The van der Waals surface area contributed by atoms with Crippen molar-refractivity contribution in [3.63, 3.8) is 0 Å². The van der Waals surface area contributed by atoms with E-state index in [0.29, 0.717) is 6.54 Å². The average Bonchev–Trinajstić information content (AvgIpc) is 3.04. The van der Waals surface area contributed by atoms with Gasteiger partial charge in [-0.05, 0) is 31.5 Å². The fourth-order valence-corrected chi connectivity index (χ4v) is 3.10. The Balaban J connectivity index is 0.00000133. The number of hydrogen-bond donors (Lipinski definition) is 2. The summed E-state index contributed by atoms with van der Waals surface area (Å²) >= 11 is 1.64. The van der Waals surface area contributed by atoms with Gasteiger partial charge < -0.3 is 10.6 Å². The summed E-state index contributed by atoms with van der Waals surface area (Å²) in [6.07, 6.45) is 2.02. The number of aromatic nitrogens is 1. The van der Waals surface area contributed by atoms with E-state index in [9.17, 15) is 4.79 Å². The molecule has 2 heterocycles. The van der Waals surface area contributed by atoms with E-state index < -0.39 is 0 Å². The molecule has 0 bridgehead atoms. The van der Waals surface area contributed by atoms with Crippen LogP contribution in [0.1, 0.15) is 17.8 Å². The Hall–Kier alpha value is -1.17. The van der Waals surface area contributed by atoms with Crippen LogP contribution < -0.4 is 10.6 Å². The first kappa shape index (κ1) is 14.2. The first-order valence-electron chi connectivity index (χ1n) is 6.18. The average molecular weight is 298 g/mol. The standard InChI is InChI=1S/C13H15N3OS.ClH/c17-13(10-5-3-7-14-10)15-8-12-16-9-4-1-2-6-11(9)18-12;/h1-2,4,6,10,14H,3,5,7-8H2,(H,15,17);1H. The van der Waals surface area contributed by atoms with Crippen LogP contribution in [-0.4, -0.2) is 23.5 Å². The molecule has 1 aromatic heterocycles. The summed E-state index contributed by atoms with van der Waals surface area (Å²) in [5, 5.41) is 7.10. The van der Waals surface area contributed by atoms with Gasteiger partial charge in [0.05, 0.1) is 22.8 Å². The zero-order chi connectivity index (χ0) is 12.4. The van der Waals surface area contributed by atoms with E-state index in [4.69, 9.17) is 0 Å². The maximum absolute atomic E-state index is 11.8. The number of amides is 1. The van der Waals surface area contributed by atoms with Crippen molar-refractivity contribution in [1.29, 1.82) is 0 Å². The molecular formula is C13H16ClN3OS. The largest absolute Gasteiger partial charge is 0.348 e. The monoisotopic (exact) mass is 297 g/mol. The first-order chi connectivity index (χ1) is 8.83. The molecule has 1 aromatic carbocycles. The van der Waals surface area contributed by atoms with Crippen molar-refractivity contribution in [2.75, 3.05) is 6.54 Å². The molecule has 0 radical (unpaired) electrons.